The predicted molar refractivity (Wildman–Crippen MR) is 384 cm³/mol. The zero-order valence-electron chi connectivity index (χ0n) is 60.7. The highest BCUT2D eigenvalue weighted by Crippen LogP contribution is 2.45. The molecule has 0 radical (unpaired) electrons. The van der Waals surface area contributed by atoms with Crippen LogP contribution in [0.5, 0.6) is 0 Å². The molecule has 24 heteroatoms. The highest BCUT2D eigenvalue weighted by atomic mass is 32.2. The maximum absolute atomic E-state index is 13.4. The Balaban J connectivity index is 0.000000163. The lowest BCUT2D eigenvalue weighted by molar-refractivity contribution is -0.146. The Labute approximate surface area is 595 Å². The van der Waals surface area contributed by atoms with Gasteiger partial charge in [-0.05, 0) is 167 Å². The SMILES string of the molecule is CCOC(=O)C(C)n1c(C)c(Cc2ccccc2S(=O)(=O)N2CCCC2)c2c1CC(C)(C)CC2=O.Cc1c(Cc2ccccc2S(=O)(=O)N2CCCC2)c2c(n1C(C)C(=O)O)CC(C)(C)CC2=O.Cc1c(Cc2ccccc2S(=O)(=O)N2CCCCC2)c2c(n1CC(=O)O)CC(C)(C)CC2=O. The van der Waals surface area contributed by atoms with E-state index in [1.165, 1.54) is 4.31 Å². The van der Waals surface area contributed by atoms with Gasteiger partial charge in [0.2, 0.25) is 30.1 Å². The van der Waals surface area contributed by atoms with Crippen molar-refractivity contribution in [3.63, 3.8) is 0 Å². The number of hydrogen-bond donors (Lipinski definition) is 2. The largest absolute Gasteiger partial charge is 0.480 e. The van der Waals surface area contributed by atoms with Crippen LogP contribution in [0.15, 0.2) is 87.5 Å². The molecule has 3 aliphatic heterocycles. The summed E-state index contributed by atoms with van der Waals surface area (Å²) in [7, 11) is -10.9. The topological polar surface area (TPSA) is 279 Å². The molecule has 6 aromatic rings. The number of nitrogens with zero attached hydrogens (tertiary/aromatic N) is 6. The minimum Gasteiger partial charge on any atom is -0.480 e. The van der Waals surface area contributed by atoms with E-state index in [2.05, 4.69) is 13.8 Å². The summed E-state index contributed by atoms with van der Waals surface area (Å²) in [6, 6.07) is 19.6. The molecule has 6 aliphatic rings. The van der Waals surface area contributed by atoms with E-state index in [9.17, 15) is 64.2 Å². The number of Topliss-reactive ketones (excluding diaryl/α,β-unsaturated/α-hetero) is 3. The van der Waals surface area contributed by atoms with Crippen molar-refractivity contribution in [3.05, 3.63) is 157 Å². The Morgan fingerprint density at radius 2 is 0.762 bits per heavy atom. The lowest BCUT2D eigenvalue weighted by Crippen LogP contribution is -2.36. The number of carboxylic acids is 2. The van der Waals surface area contributed by atoms with Crippen LogP contribution in [0, 0.1) is 37.0 Å². The van der Waals surface area contributed by atoms with Crippen molar-refractivity contribution in [3.8, 4) is 0 Å². The van der Waals surface area contributed by atoms with Crippen molar-refractivity contribution in [1.29, 1.82) is 0 Å². The first kappa shape index (κ1) is 76.3. The first-order valence-corrected chi connectivity index (χ1v) is 39.9. The van der Waals surface area contributed by atoms with E-state index in [1.54, 1.807) is 87.0 Å². The molecule has 3 aromatic carbocycles. The molecular formula is C77H100N6O15S3. The normalized spacial score (nSPS) is 19.1. The zero-order chi connectivity index (χ0) is 73.6. The van der Waals surface area contributed by atoms with Crippen molar-refractivity contribution in [2.24, 2.45) is 16.2 Å². The Morgan fingerprint density at radius 3 is 1.10 bits per heavy atom. The molecule has 3 aliphatic carbocycles. The molecule has 3 fully saturated rings. The number of aliphatic carboxylic acids is 2. The van der Waals surface area contributed by atoms with E-state index >= 15 is 0 Å². The predicted octanol–water partition coefficient (Wildman–Crippen LogP) is 12.2. The lowest BCUT2D eigenvalue weighted by atomic mass is 9.75. The van der Waals surface area contributed by atoms with Gasteiger partial charge in [-0.3, -0.25) is 19.2 Å². The van der Waals surface area contributed by atoms with Gasteiger partial charge < -0.3 is 28.7 Å². The van der Waals surface area contributed by atoms with Gasteiger partial charge in [-0.25, -0.2) is 34.8 Å². The van der Waals surface area contributed by atoms with E-state index in [0.29, 0.717) is 128 Å². The molecule has 0 spiro atoms. The van der Waals surface area contributed by atoms with Crippen molar-refractivity contribution in [1.82, 2.24) is 26.6 Å². The fourth-order valence-electron chi connectivity index (χ4n) is 16.3. The van der Waals surface area contributed by atoms with Gasteiger partial charge in [0.15, 0.2) is 17.3 Å². The number of rotatable bonds is 19. The van der Waals surface area contributed by atoms with Crippen LogP contribution in [0.25, 0.3) is 0 Å². The molecule has 12 rings (SSSR count). The Morgan fingerprint density at radius 1 is 0.455 bits per heavy atom. The Hall–Kier alpha value is -7.35. The molecule has 3 saturated heterocycles. The molecule has 6 heterocycles. The summed E-state index contributed by atoms with van der Waals surface area (Å²) in [5, 5.41) is 19.2. The van der Waals surface area contributed by atoms with Crippen molar-refractivity contribution in [2.45, 2.75) is 219 Å². The third kappa shape index (κ3) is 15.6. The average Bonchev–Trinajstić information content (AvgIpc) is 1.60. The summed E-state index contributed by atoms with van der Waals surface area (Å²) in [6.07, 6.45) is 10.1. The smallest absolute Gasteiger partial charge is 0.328 e. The van der Waals surface area contributed by atoms with Gasteiger partial charge in [0.25, 0.3) is 0 Å². The van der Waals surface area contributed by atoms with Gasteiger partial charge >= 0.3 is 17.9 Å². The molecule has 21 nitrogen and oxygen atoms in total. The number of carbonyl (C=O) groups is 6. The number of ether oxygens (including phenoxy) is 1. The van der Waals surface area contributed by atoms with Crippen LogP contribution in [0.4, 0.5) is 0 Å². The molecule has 546 valence electrons. The molecule has 3 aromatic heterocycles. The number of piperidine rings is 1. The highest BCUT2D eigenvalue weighted by molar-refractivity contribution is 7.89. The summed E-state index contributed by atoms with van der Waals surface area (Å²) < 4.78 is 95.8. The van der Waals surface area contributed by atoms with E-state index < -0.39 is 54.1 Å². The van der Waals surface area contributed by atoms with Crippen LogP contribution in [0.1, 0.15) is 237 Å². The second-order valence-corrected chi connectivity index (χ2v) is 36.4. The molecule has 2 unspecified atom stereocenters. The fraction of sp³-hybridized carbons (Fsp3) is 0.532. The second-order valence-electron chi connectivity index (χ2n) is 30.7. The Bertz CT molecular complexity index is 4590. The van der Waals surface area contributed by atoms with E-state index in [1.807, 2.05) is 77.3 Å². The summed E-state index contributed by atoms with van der Waals surface area (Å²) in [5.41, 5.74) is 9.89. The second kappa shape index (κ2) is 29.8. The van der Waals surface area contributed by atoms with Gasteiger partial charge in [-0.2, -0.15) is 12.9 Å². The molecule has 0 amide bonds. The number of esters is 1. The van der Waals surface area contributed by atoms with Crippen LogP contribution in [-0.2, 0) is 94.3 Å². The third-order valence-electron chi connectivity index (χ3n) is 21.2. The number of aromatic nitrogens is 3. The van der Waals surface area contributed by atoms with Gasteiger partial charge in [0.1, 0.15) is 18.6 Å². The van der Waals surface area contributed by atoms with Gasteiger partial charge in [0, 0.05) is 129 Å². The fourth-order valence-corrected chi connectivity index (χ4v) is 21.5. The van der Waals surface area contributed by atoms with Gasteiger partial charge in [-0.1, -0.05) is 103 Å². The van der Waals surface area contributed by atoms with Crippen molar-refractivity contribution in [2.75, 3.05) is 45.9 Å². The summed E-state index contributed by atoms with van der Waals surface area (Å²) in [6.45, 7) is 26.2. The summed E-state index contributed by atoms with van der Waals surface area (Å²) in [4.78, 5) is 76.9. The van der Waals surface area contributed by atoms with E-state index in [0.717, 1.165) is 90.1 Å². The van der Waals surface area contributed by atoms with Crippen molar-refractivity contribution >= 4 is 65.3 Å². The highest BCUT2D eigenvalue weighted by Gasteiger charge is 2.43. The molecular weight excluding hydrogens is 1350 g/mol. The van der Waals surface area contributed by atoms with E-state index in [-0.39, 0.29) is 75.3 Å². The number of ketones is 3. The van der Waals surface area contributed by atoms with Crippen LogP contribution >= 0.6 is 0 Å². The van der Waals surface area contributed by atoms with Gasteiger partial charge in [0.05, 0.1) is 21.3 Å². The number of carboxylic acid groups (broad SMARTS) is 2. The maximum Gasteiger partial charge on any atom is 0.328 e. The minimum absolute atomic E-state index is 0.000132. The molecule has 101 heavy (non-hydrogen) atoms. The standard InChI is InChI=1S/C27H36N2O5S.2C25H32N2O5S/c1-6-34-26(31)19(3)29-18(2)21(25-22(29)16-27(4,5)17-23(25)30)15-20-11-7-8-12-24(20)35(32,33)28-13-9-10-14-28;1-16-19(13-18-9-5-6-10-22(18)33(31,32)26-11-7-8-12-26)23-20(27(16)17(2)24(29)30)14-25(3,4)15-21(23)28;1-17-19(24-20(27(17)16-23(29)30)14-25(2,3)15-21(24)28)13-18-9-5-6-10-22(18)33(31,32)26-11-7-4-8-12-26/h7-8,11-12,19H,6,9-10,13-17H2,1-5H3;5-6,9-10,17H,7-8,11-15H2,1-4H3,(H,29,30);5-6,9-10H,4,7-8,11-16H2,1-3H3,(H,29,30). The lowest BCUT2D eigenvalue weighted by Gasteiger charge is -2.31. The van der Waals surface area contributed by atoms with E-state index in [4.69, 9.17) is 4.74 Å². The number of sulfonamides is 3. The summed E-state index contributed by atoms with van der Waals surface area (Å²) in [5.74, 6) is -2.23. The van der Waals surface area contributed by atoms with Crippen molar-refractivity contribution < 1.29 is 69.0 Å². The molecule has 2 atom stereocenters. The number of hydrogen-bond acceptors (Lipinski definition) is 13. The number of carbonyl (C=O) groups excluding carboxylic acids is 4. The molecule has 0 saturated carbocycles. The first-order chi connectivity index (χ1) is 47.4. The monoisotopic (exact) mass is 1440 g/mol. The minimum atomic E-state index is -3.64. The third-order valence-corrected chi connectivity index (χ3v) is 27.2. The van der Waals surface area contributed by atoms with Crippen LogP contribution in [0.2, 0.25) is 0 Å². The average molecular weight is 1450 g/mol. The number of benzene rings is 3. The molecule has 2 N–H and O–H groups in total. The quantitative estimate of drug-likeness (QED) is 0.0713. The van der Waals surface area contributed by atoms with Crippen LogP contribution in [0.3, 0.4) is 0 Å². The zero-order valence-corrected chi connectivity index (χ0v) is 63.1. The first-order valence-electron chi connectivity index (χ1n) is 35.5. The van der Waals surface area contributed by atoms with Crippen LogP contribution in [-0.4, -0.2) is 143 Å². The summed E-state index contributed by atoms with van der Waals surface area (Å²) >= 11 is 0. The molecule has 0 bridgehead atoms. The Kier molecular flexibility index (Phi) is 22.5. The maximum atomic E-state index is 13.4. The van der Waals surface area contributed by atoms with Gasteiger partial charge in [-0.15, -0.1) is 0 Å². The van der Waals surface area contributed by atoms with Crippen LogP contribution < -0.4 is 0 Å². The number of fused-ring (bicyclic) bond motifs is 3.